The molecular weight excluding hydrogens is 264 g/mol. The summed E-state index contributed by atoms with van der Waals surface area (Å²) >= 11 is 0. The van der Waals surface area contributed by atoms with Crippen LogP contribution in [-0.2, 0) is 4.74 Å². The van der Waals surface area contributed by atoms with Crippen molar-refractivity contribution in [2.24, 2.45) is 0 Å². The molecule has 0 aliphatic carbocycles. The predicted molar refractivity (Wildman–Crippen MR) is 85.9 cm³/mol. The van der Waals surface area contributed by atoms with Gasteiger partial charge in [0.15, 0.2) is 0 Å². The van der Waals surface area contributed by atoms with Crippen LogP contribution in [0.2, 0.25) is 0 Å². The molecule has 0 aromatic heterocycles. The van der Waals surface area contributed by atoms with Gasteiger partial charge in [-0.05, 0) is 56.9 Å². The Morgan fingerprint density at radius 3 is 2.86 bits per heavy atom. The molecular formula is C17H26N2O2. The molecule has 1 heterocycles. The number of carbonyl (C=O) groups is 1. The summed E-state index contributed by atoms with van der Waals surface area (Å²) in [5, 5.41) is 6.47. The molecule has 2 rings (SSSR count). The zero-order valence-electron chi connectivity index (χ0n) is 13.3. The van der Waals surface area contributed by atoms with Crippen LogP contribution < -0.4 is 10.6 Å². The Morgan fingerprint density at radius 2 is 2.24 bits per heavy atom. The number of carbonyl (C=O) groups excluding carboxylic acids is 1. The van der Waals surface area contributed by atoms with E-state index >= 15 is 0 Å². The molecule has 0 saturated carbocycles. The maximum Gasteiger partial charge on any atom is 0.252 e. The molecule has 4 nitrogen and oxygen atoms in total. The summed E-state index contributed by atoms with van der Waals surface area (Å²) in [5.41, 5.74) is 2.55. The number of nitrogens with one attached hydrogen (secondary N) is 2. The number of aryl methyl sites for hydroxylation is 1. The maximum absolute atomic E-state index is 12.5. The van der Waals surface area contributed by atoms with E-state index in [-0.39, 0.29) is 11.4 Å². The smallest absolute Gasteiger partial charge is 0.252 e. The Balaban J connectivity index is 2.05. The Labute approximate surface area is 127 Å². The molecule has 0 bridgehead atoms. The summed E-state index contributed by atoms with van der Waals surface area (Å²) in [6.45, 7) is 8.49. The van der Waals surface area contributed by atoms with Crippen LogP contribution in [0.5, 0.6) is 0 Å². The zero-order chi connectivity index (χ0) is 15.3. The van der Waals surface area contributed by atoms with Gasteiger partial charge in [0, 0.05) is 24.4 Å². The molecule has 1 fully saturated rings. The standard InChI is InChI=1S/C17H26N2O2/c1-4-9-18-14-6-7-15(13(2)11-14)16(20)19-17(3)8-5-10-21-12-17/h6-7,11,18H,4-5,8-10,12H2,1-3H3,(H,19,20). The van der Waals surface area contributed by atoms with Gasteiger partial charge in [-0.2, -0.15) is 0 Å². The molecule has 1 aliphatic rings. The third-order valence-corrected chi connectivity index (χ3v) is 3.90. The molecule has 1 saturated heterocycles. The highest BCUT2D eigenvalue weighted by Crippen LogP contribution is 2.21. The van der Waals surface area contributed by atoms with Crippen molar-refractivity contribution < 1.29 is 9.53 Å². The summed E-state index contributed by atoms with van der Waals surface area (Å²) < 4.78 is 5.49. The van der Waals surface area contributed by atoms with Crippen molar-refractivity contribution in [2.75, 3.05) is 25.1 Å². The van der Waals surface area contributed by atoms with Gasteiger partial charge in [-0.25, -0.2) is 0 Å². The zero-order valence-corrected chi connectivity index (χ0v) is 13.3. The van der Waals surface area contributed by atoms with Crippen molar-refractivity contribution in [2.45, 2.75) is 45.6 Å². The van der Waals surface area contributed by atoms with Crippen molar-refractivity contribution in [3.05, 3.63) is 29.3 Å². The van der Waals surface area contributed by atoms with Crippen molar-refractivity contribution >= 4 is 11.6 Å². The summed E-state index contributed by atoms with van der Waals surface area (Å²) in [4.78, 5) is 12.5. The van der Waals surface area contributed by atoms with Crippen LogP contribution in [0.25, 0.3) is 0 Å². The van der Waals surface area contributed by atoms with Gasteiger partial charge >= 0.3 is 0 Å². The number of hydrogen-bond acceptors (Lipinski definition) is 3. The predicted octanol–water partition coefficient (Wildman–Crippen LogP) is 3.12. The summed E-state index contributed by atoms with van der Waals surface area (Å²) in [7, 11) is 0. The topological polar surface area (TPSA) is 50.4 Å². The second-order valence-corrected chi connectivity index (χ2v) is 6.13. The van der Waals surface area contributed by atoms with E-state index in [1.165, 1.54) is 0 Å². The van der Waals surface area contributed by atoms with Crippen LogP contribution in [0.3, 0.4) is 0 Å². The van der Waals surface area contributed by atoms with Crippen LogP contribution >= 0.6 is 0 Å². The lowest BCUT2D eigenvalue weighted by Crippen LogP contribution is -2.51. The third kappa shape index (κ3) is 4.21. The van der Waals surface area contributed by atoms with E-state index in [2.05, 4.69) is 24.5 Å². The van der Waals surface area contributed by atoms with Gasteiger partial charge in [-0.15, -0.1) is 0 Å². The number of hydrogen-bond donors (Lipinski definition) is 2. The highest BCUT2D eigenvalue weighted by atomic mass is 16.5. The van der Waals surface area contributed by atoms with E-state index < -0.39 is 0 Å². The highest BCUT2D eigenvalue weighted by Gasteiger charge is 2.29. The number of ether oxygens (including phenoxy) is 1. The molecule has 0 spiro atoms. The molecule has 1 aliphatic heterocycles. The third-order valence-electron chi connectivity index (χ3n) is 3.90. The summed E-state index contributed by atoms with van der Waals surface area (Å²) in [5.74, 6) is -0.0115. The molecule has 116 valence electrons. The van der Waals surface area contributed by atoms with E-state index in [1.807, 2.05) is 25.1 Å². The first-order chi connectivity index (χ1) is 10.0. The van der Waals surface area contributed by atoms with Gasteiger partial charge in [0.1, 0.15) is 0 Å². The molecule has 1 unspecified atom stereocenters. The molecule has 2 N–H and O–H groups in total. The van der Waals surface area contributed by atoms with Crippen molar-refractivity contribution in [1.29, 1.82) is 0 Å². The lowest BCUT2D eigenvalue weighted by molar-refractivity contribution is 0.0272. The number of anilines is 1. The number of amides is 1. The fourth-order valence-electron chi connectivity index (χ4n) is 2.67. The monoisotopic (exact) mass is 290 g/mol. The van der Waals surface area contributed by atoms with Gasteiger partial charge in [0.2, 0.25) is 0 Å². The van der Waals surface area contributed by atoms with Gasteiger partial charge in [0.05, 0.1) is 12.1 Å². The van der Waals surface area contributed by atoms with Crippen molar-refractivity contribution in [3.63, 3.8) is 0 Å². The first-order valence-corrected chi connectivity index (χ1v) is 7.79. The Kier molecular flexibility index (Phi) is 5.23. The van der Waals surface area contributed by atoms with Crippen LogP contribution in [0.15, 0.2) is 18.2 Å². The maximum atomic E-state index is 12.5. The molecule has 1 atom stereocenters. The average Bonchev–Trinajstić information content (AvgIpc) is 2.45. The lowest BCUT2D eigenvalue weighted by Gasteiger charge is -2.34. The minimum atomic E-state index is -0.249. The van der Waals surface area contributed by atoms with Gasteiger partial charge in [-0.3, -0.25) is 4.79 Å². The summed E-state index contributed by atoms with van der Waals surface area (Å²) in [6, 6.07) is 5.90. The molecule has 0 radical (unpaired) electrons. The lowest BCUT2D eigenvalue weighted by atomic mass is 9.94. The number of benzene rings is 1. The first-order valence-electron chi connectivity index (χ1n) is 7.79. The summed E-state index contributed by atoms with van der Waals surface area (Å²) in [6.07, 6.45) is 3.04. The SMILES string of the molecule is CCCNc1ccc(C(=O)NC2(C)CCCOC2)c(C)c1. The van der Waals surface area contributed by atoms with Gasteiger partial charge in [0.25, 0.3) is 5.91 Å². The fraction of sp³-hybridized carbons (Fsp3) is 0.588. The first kappa shape index (κ1) is 15.8. The van der Waals surface area contributed by atoms with Crippen molar-refractivity contribution in [3.8, 4) is 0 Å². The molecule has 4 heteroatoms. The minimum absolute atomic E-state index is 0.0115. The Bertz CT molecular complexity index is 494. The molecule has 1 aromatic rings. The van der Waals surface area contributed by atoms with E-state index in [0.717, 1.165) is 49.2 Å². The van der Waals surface area contributed by atoms with Gasteiger partial charge < -0.3 is 15.4 Å². The van der Waals surface area contributed by atoms with Crippen LogP contribution in [-0.4, -0.2) is 31.2 Å². The average molecular weight is 290 g/mol. The van der Waals surface area contributed by atoms with Crippen molar-refractivity contribution in [1.82, 2.24) is 5.32 Å². The number of rotatable bonds is 5. The molecule has 1 amide bonds. The van der Waals surface area contributed by atoms with Crippen LogP contribution in [0.1, 0.15) is 49.0 Å². The second kappa shape index (κ2) is 6.94. The molecule has 21 heavy (non-hydrogen) atoms. The Hall–Kier alpha value is -1.55. The van der Waals surface area contributed by atoms with E-state index in [0.29, 0.717) is 6.61 Å². The van der Waals surface area contributed by atoms with E-state index in [4.69, 9.17) is 4.74 Å². The quantitative estimate of drug-likeness (QED) is 0.876. The van der Waals surface area contributed by atoms with E-state index in [9.17, 15) is 4.79 Å². The van der Waals surface area contributed by atoms with Crippen LogP contribution in [0.4, 0.5) is 5.69 Å². The molecule has 1 aromatic carbocycles. The Morgan fingerprint density at radius 1 is 1.43 bits per heavy atom. The van der Waals surface area contributed by atoms with Crippen LogP contribution in [0, 0.1) is 6.92 Å². The van der Waals surface area contributed by atoms with E-state index in [1.54, 1.807) is 0 Å². The largest absolute Gasteiger partial charge is 0.385 e. The van der Waals surface area contributed by atoms with Gasteiger partial charge in [-0.1, -0.05) is 6.92 Å². The minimum Gasteiger partial charge on any atom is -0.385 e. The fourth-order valence-corrected chi connectivity index (χ4v) is 2.67. The normalized spacial score (nSPS) is 21.9. The second-order valence-electron chi connectivity index (χ2n) is 6.13. The highest BCUT2D eigenvalue weighted by molar-refractivity contribution is 5.96.